The fourth-order valence-electron chi connectivity index (χ4n) is 5.45. The molecule has 4 heterocycles. The molecule has 2 aromatic rings. The Kier molecular flexibility index (Phi) is 7.16. The van der Waals surface area contributed by atoms with Gasteiger partial charge in [0.05, 0.1) is 29.4 Å². The van der Waals surface area contributed by atoms with Crippen molar-refractivity contribution < 1.29 is 23.9 Å². The minimum atomic E-state index is -0.858. The molecule has 2 N–H and O–H groups in total. The minimum absolute atomic E-state index is 0.158. The van der Waals surface area contributed by atoms with Crippen LogP contribution < -0.4 is 10.6 Å². The monoisotopic (exact) mass is 548 g/mol. The Hall–Kier alpha value is -4.15. The first kappa shape index (κ1) is 27.4. The van der Waals surface area contributed by atoms with Gasteiger partial charge in [0.15, 0.2) is 0 Å². The average molecular weight is 549 g/mol. The molecule has 11 heteroatoms. The molecule has 40 heavy (non-hydrogen) atoms. The number of benzene rings is 1. The third-order valence-electron chi connectivity index (χ3n) is 7.56. The number of nitrogens with zero attached hydrogens (tertiary/aromatic N) is 4. The van der Waals surface area contributed by atoms with Gasteiger partial charge in [0.1, 0.15) is 11.6 Å². The zero-order valence-electron chi connectivity index (χ0n) is 23.4. The molecule has 3 aliphatic heterocycles. The second-order valence-corrected chi connectivity index (χ2v) is 11.7. The fourth-order valence-corrected chi connectivity index (χ4v) is 5.45. The number of ether oxygens (including phenoxy) is 1. The molecular formula is C29H36N6O5. The molecule has 1 aromatic heterocycles. The van der Waals surface area contributed by atoms with Crippen LogP contribution in [0.5, 0.6) is 0 Å². The van der Waals surface area contributed by atoms with Gasteiger partial charge in [-0.15, -0.1) is 0 Å². The maximum Gasteiger partial charge on any atom is 0.410 e. The maximum absolute atomic E-state index is 13.4. The van der Waals surface area contributed by atoms with Crippen LogP contribution in [0.1, 0.15) is 91.7 Å². The third kappa shape index (κ3) is 5.32. The highest BCUT2D eigenvalue weighted by Crippen LogP contribution is 2.34. The molecule has 0 bridgehead atoms. The van der Waals surface area contributed by atoms with E-state index in [1.807, 2.05) is 38.6 Å². The Morgan fingerprint density at radius 3 is 2.55 bits per heavy atom. The second kappa shape index (κ2) is 10.4. The number of fused-ring (bicyclic) bond motifs is 1. The molecule has 0 spiro atoms. The van der Waals surface area contributed by atoms with Crippen molar-refractivity contribution in [3.05, 3.63) is 59.6 Å². The summed E-state index contributed by atoms with van der Waals surface area (Å²) in [6.45, 7) is 12.5. The first-order valence-electron chi connectivity index (χ1n) is 13.7. The van der Waals surface area contributed by atoms with E-state index in [1.165, 1.54) is 0 Å². The average Bonchev–Trinajstić information content (AvgIpc) is 3.48. The molecule has 0 aliphatic carbocycles. The van der Waals surface area contributed by atoms with E-state index >= 15 is 0 Å². The number of hydrogen-bond acceptors (Lipinski definition) is 7. The van der Waals surface area contributed by atoms with Crippen LogP contribution in [0, 0.1) is 0 Å². The topological polar surface area (TPSA) is 126 Å². The standard InChI is InChI=1S/C29H36N6O5/c1-17-9-10-23(25(36)31-17)35-26(37)21-7-6-8-22(24(21)27(35)38)32-18(2)19-15-30-34(16-19)20-11-13-33(14-12-20)28(39)40-29(3,4)5/h6-8,15-16,18,20,23,32H,1,9-14H2,2-5H3,(H,31,36). The van der Waals surface area contributed by atoms with Gasteiger partial charge in [0.2, 0.25) is 5.91 Å². The lowest BCUT2D eigenvalue weighted by atomic mass is 10.0. The maximum atomic E-state index is 13.4. The van der Waals surface area contributed by atoms with Crippen molar-refractivity contribution >= 4 is 29.5 Å². The van der Waals surface area contributed by atoms with Crippen molar-refractivity contribution in [1.29, 1.82) is 0 Å². The van der Waals surface area contributed by atoms with Crippen LogP contribution in [0.4, 0.5) is 10.5 Å². The number of allylic oxidation sites excluding steroid dienone is 1. The van der Waals surface area contributed by atoms with Crippen LogP contribution in [-0.2, 0) is 9.53 Å². The number of carbonyl (C=O) groups is 4. The number of anilines is 1. The van der Waals surface area contributed by atoms with E-state index in [9.17, 15) is 19.2 Å². The summed E-state index contributed by atoms with van der Waals surface area (Å²) in [5.41, 5.74) is 2.08. The summed E-state index contributed by atoms with van der Waals surface area (Å²) in [6, 6.07) is 4.21. The summed E-state index contributed by atoms with van der Waals surface area (Å²) >= 11 is 0. The molecule has 212 valence electrons. The predicted octanol–water partition coefficient (Wildman–Crippen LogP) is 4.02. The highest BCUT2D eigenvalue weighted by molar-refractivity contribution is 6.25. The SMILES string of the molecule is C=C1CCC(N2C(=O)c3cccc(NC(C)c4cnn(C5CCN(C(=O)OC(C)(C)C)CC5)c4)c3C2=O)C(=O)N1. The third-order valence-corrected chi connectivity index (χ3v) is 7.56. The number of piperidine rings is 2. The molecule has 2 unspecified atom stereocenters. The van der Waals surface area contributed by atoms with Gasteiger partial charge >= 0.3 is 6.09 Å². The van der Waals surface area contributed by atoms with Gasteiger partial charge in [0, 0.05) is 36.2 Å². The number of aromatic nitrogens is 2. The summed E-state index contributed by atoms with van der Waals surface area (Å²) in [5, 5.41) is 10.6. The fraction of sp³-hybridized carbons (Fsp3) is 0.483. The largest absolute Gasteiger partial charge is 0.444 e. The van der Waals surface area contributed by atoms with Crippen molar-refractivity contribution in [3.63, 3.8) is 0 Å². The number of rotatable bonds is 5. The van der Waals surface area contributed by atoms with E-state index in [4.69, 9.17) is 4.74 Å². The highest BCUT2D eigenvalue weighted by Gasteiger charge is 2.45. The smallest absolute Gasteiger partial charge is 0.410 e. The van der Waals surface area contributed by atoms with E-state index in [0.717, 1.165) is 23.3 Å². The lowest BCUT2D eigenvalue weighted by molar-refractivity contribution is -0.125. The van der Waals surface area contributed by atoms with Crippen LogP contribution in [0.3, 0.4) is 0 Å². The molecule has 5 rings (SSSR count). The van der Waals surface area contributed by atoms with E-state index in [-0.39, 0.29) is 29.3 Å². The van der Waals surface area contributed by atoms with Gasteiger partial charge in [0.25, 0.3) is 11.8 Å². The predicted molar refractivity (Wildman–Crippen MR) is 148 cm³/mol. The minimum Gasteiger partial charge on any atom is -0.444 e. The normalized spacial score (nSPS) is 20.9. The molecule has 4 amide bonds. The summed E-state index contributed by atoms with van der Waals surface area (Å²) in [5.74, 6) is -1.33. The van der Waals surface area contributed by atoms with Gasteiger partial charge in [-0.3, -0.25) is 24.0 Å². The van der Waals surface area contributed by atoms with Crippen molar-refractivity contribution in [2.45, 2.75) is 77.1 Å². The summed E-state index contributed by atoms with van der Waals surface area (Å²) < 4.78 is 7.42. The Bertz CT molecular complexity index is 1370. The van der Waals surface area contributed by atoms with Crippen molar-refractivity contribution in [2.75, 3.05) is 18.4 Å². The van der Waals surface area contributed by atoms with Gasteiger partial charge in [-0.2, -0.15) is 5.10 Å². The number of likely N-dealkylation sites (tertiary alicyclic amines) is 1. The van der Waals surface area contributed by atoms with E-state index in [1.54, 1.807) is 29.3 Å². The summed E-state index contributed by atoms with van der Waals surface area (Å²) in [7, 11) is 0. The molecule has 2 atom stereocenters. The molecule has 1 aromatic carbocycles. The van der Waals surface area contributed by atoms with Gasteiger partial charge in [-0.05, 0) is 65.5 Å². The van der Waals surface area contributed by atoms with E-state index < -0.39 is 29.4 Å². The first-order valence-corrected chi connectivity index (χ1v) is 13.7. The number of nitrogens with one attached hydrogen (secondary N) is 2. The zero-order chi connectivity index (χ0) is 28.8. The van der Waals surface area contributed by atoms with Crippen molar-refractivity contribution in [2.24, 2.45) is 0 Å². The first-order chi connectivity index (χ1) is 18.9. The van der Waals surface area contributed by atoms with Crippen LogP contribution in [0.15, 0.2) is 42.9 Å². The van der Waals surface area contributed by atoms with Crippen molar-refractivity contribution in [1.82, 2.24) is 24.9 Å². The van der Waals surface area contributed by atoms with Crippen LogP contribution in [0.25, 0.3) is 0 Å². The van der Waals surface area contributed by atoms with Crippen LogP contribution >= 0.6 is 0 Å². The molecule has 3 aliphatic rings. The molecule has 2 saturated heterocycles. The Morgan fingerprint density at radius 2 is 1.88 bits per heavy atom. The number of hydrogen-bond donors (Lipinski definition) is 2. The Balaban J connectivity index is 1.25. The summed E-state index contributed by atoms with van der Waals surface area (Å²) in [6.07, 6.45) is 5.88. The summed E-state index contributed by atoms with van der Waals surface area (Å²) in [4.78, 5) is 54.4. The van der Waals surface area contributed by atoms with Gasteiger partial charge in [-0.1, -0.05) is 12.6 Å². The molecule has 0 saturated carbocycles. The quantitative estimate of drug-likeness (QED) is 0.541. The van der Waals surface area contributed by atoms with Gasteiger partial charge < -0.3 is 20.3 Å². The van der Waals surface area contributed by atoms with E-state index in [0.29, 0.717) is 37.3 Å². The highest BCUT2D eigenvalue weighted by atomic mass is 16.6. The molecule has 11 nitrogen and oxygen atoms in total. The van der Waals surface area contributed by atoms with E-state index in [2.05, 4.69) is 22.3 Å². The number of carbonyl (C=O) groups excluding carboxylic acids is 4. The second-order valence-electron chi connectivity index (χ2n) is 11.7. The molecule has 0 radical (unpaired) electrons. The van der Waals surface area contributed by atoms with Gasteiger partial charge in [-0.25, -0.2) is 4.79 Å². The van der Waals surface area contributed by atoms with Crippen molar-refractivity contribution in [3.8, 4) is 0 Å². The lowest BCUT2D eigenvalue weighted by Gasteiger charge is -2.33. The molecular weight excluding hydrogens is 512 g/mol. The molecule has 2 fully saturated rings. The zero-order valence-corrected chi connectivity index (χ0v) is 23.4. The van der Waals surface area contributed by atoms with Crippen LogP contribution in [0.2, 0.25) is 0 Å². The number of amides is 4. The number of imide groups is 1. The Morgan fingerprint density at radius 1 is 1.15 bits per heavy atom. The lowest BCUT2D eigenvalue weighted by Crippen LogP contribution is -2.51. The van der Waals surface area contributed by atoms with Crippen LogP contribution in [-0.4, -0.2) is 68.1 Å². The Labute approximate surface area is 233 Å².